The van der Waals surface area contributed by atoms with Crippen LogP contribution in [0.25, 0.3) is 10.8 Å². The van der Waals surface area contributed by atoms with E-state index in [1.807, 2.05) is 37.2 Å². The summed E-state index contributed by atoms with van der Waals surface area (Å²) in [7, 11) is -0.0680. The van der Waals surface area contributed by atoms with Crippen molar-refractivity contribution in [1.29, 1.82) is 0 Å². The lowest BCUT2D eigenvalue weighted by Gasteiger charge is -2.16. The Balaban J connectivity index is 2.64. The number of benzene rings is 2. The van der Waals surface area contributed by atoms with Crippen molar-refractivity contribution in [3.05, 3.63) is 36.4 Å². The van der Waals surface area contributed by atoms with E-state index in [2.05, 4.69) is 0 Å². The molecule has 2 aromatic carbocycles. The highest BCUT2D eigenvalue weighted by atomic mass is 32.2. The second kappa shape index (κ2) is 5.78. The molecule has 1 N–H and O–H groups in total. The van der Waals surface area contributed by atoms with E-state index in [9.17, 15) is 8.42 Å². The third-order valence-corrected chi connectivity index (χ3v) is 4.31. The van der Waals surface area contributed by atoms with E-state index < -0.39 is 10.1 Å². The molecule has 6 heteroatoms. The molecular weight excluding hydrogens is 278 g/mol. The number of anilines is 1. The second-order valence-electron chi connectivity index (χ2n) is 4.52. The molecule has 5 nitrogen and oxygen atoms in total. The van der Waals surface area contributed by atoms with Crippen LogP contribution >= 0.6 is 0 Å². The molecule has 0 aliphatic rings. The van der Waals surface area contributed by atoms with Gasteiger partial charge in [-0.1, -0.05) is 24.3 Å². The van der Waals surface area contributed by atoms with E-state index >= 15 is 0 Å². The van der Waals surface area contributed by atoms with Gasteiger partial charge in [-0.05, 0) is 12.1 Å². The zero-order chi connectivity index (χ0) is 14.8. The van der Waals surface area contributed by atoms with Crippen LogP contribution in [0.4, 0.5) is 5.69 Å². The molecular formula is C14H17NO4S. The molecule has 0 saturated carbocycles. The molecule has 0 fully saturated rings. The number of rotatable bonds is 5. The smallest absolute Gasteiger partial charge is 0.297 e. The van der Waals surface area contributed by atoms with E-state index in [-0.39, 0.29) is 18.1 Å². The molecule has 20 heavy (non-hydrogen) atoms. The summed E-state index contributed by atoms with van der Waals surface area (Å²) in [5.74, 6) is 0. The van der Waals surface area contributed by atoms with E-state index in [1.54, 1.807) is 12.1 Å². The van der Waals surface area contributed by atoms with Gasteiger partial charge in [0.1, 0.15) is 4.90 Å². The number of fused-ring (bicyclic) bond motifs is 1. The predicted octanol–water partition coefficient (Wildman–Crippen LogP) is 1.60. The van der Waals surface area contributed by atoms with Crippen molar-refractivity contribution < 1.29 is 17.7 Å². The van der Waals surface area contributed by atoms with Crippen LogP contribution in [0.1, 0.15) is 0 Å². The van der Waals surface area contributed by atoms with E-state index in [4.69, 9.17) is 9.29 Å². The van der Waals surface area contributed by atoms with Gasteiger partial charge in [-0.2, -0.15) is 8.42 Å². The summed E-state index contributed by atoms with van der Waals surface area (Å²) < 4.78 is 29.1. The number of aliphatic hydroxyl groups excluding tert-OH is 1. The Morgan fingerprint density at radius 1 is 1.10 bits per heavy atom. The molecule has 0 aliphatic carbocycles. The van der Waals surface area contributed by atoms with Crippen LogP contribution in [-0.2, 0) is 14.3 Å². The van der Waals surface area contributed by atoms with Crippen LogP contribution in [0.2, 0.25) is 0 Å². The molecule has 0 aromatic heterocycles. The zero-order valence-electron chi connectivity index (χ0n) is 11.4. The topological polar surface area (TPSA) is 66.8 Å². The lowest BCUT2D eigenvalue weighted by molar-refractivity contribution is 0.205. The predicted molar refractivity (Wildman–Crippen MR) is 78.5 cm³/mol. The van der Waals surface area contributed by atoms with Crippen molar-refractivity contribution in [2.45, 2.75) is 4.90 Å². The van der Waals surface area contributed by atoms with Crippen LogP contribution < -0.4 is 4.90 Å². The van der Waals surface area contributed by atoms with Gasteiger partial charge in [0, 0.05) is 30.6 Å². The Bertz CT molecular complexity index is 710. The highest BCUT2D eigenvalue weighted by Crippen LogP contribution is 2.30. The molecule has 0 spiro atoms. The zero-order valence-corrected chi connectivity index (χ0v) is 12.2. The van der Waals surface area contributed by atoms with Crippen molar-refractivity contribution in [2.75, 3.05) is 32.2 Å². The SMILES string of the molecule is CN(C)c1cccc2c(S(=O)(=O)OCCO)cccc12. The molecule has 0 saturated heterocycles. The summed E-state index contributed by atoms with van der Waals surface area (Å²) in [4.78, 5) is 2.04. The Morgan fingerprint density at radius 3 is 2.40 bits per heavy atom. The van der Waals surface area contributed by atoms with Gasteiger partial charge < -0.3 is 10.0 Å². The monoisotopic (exact) mass is 295 g/mol. The van der Waals surface area contributed by atoms with Crippen molar-refractivity contribution >= 4 is 26.6 Å². The van der Waals surface area contributed by atoms with Crippen LogP contribution in [0.3, 0.4) is 0 Å². The van der Waals surface area contributed by atoms with Crippen molar-refractivity contribution in [3.63, 3.8) is 0 Å². The lowest BCUT2D eigenvalue weighted by Crippen LogP contribution is -2.12. The number of hydrogen-bond acceptors (Lipinski definition) is 5. The first kappa shape index (κ1) is 14.8. The molecule has 0 radical (unpaired) electrons. The molecule has 108 valence electrons. The third-order valence-electron chi connectivity index (χ3n) is 2.94. The largest absolute Gasteiger partial charge is 0.394 e. The van der Waals surface area contributed by atoms with Gasteiger partial charge in [0.05, 0.1) is 13.2 Å². The maximum absolute atomic E-state index is 12.1. The average Bonchev–Trinajstić information content (AvgIpc) is 2.43. The summed E-state index contributed by atoms with van der Waals surface area (Å²) in [5.41, 5.74) is 0.932. The maximum atomic E-state index is 12.1. The molecule has 2 aromatic rings. The highest BCUT2D eigenvalue weighted by molar-refractivity contribution is 7.87. The first-order valence-electron chi connectivity index (χ1n) is 6.17. The molecule has 0 atom stereocenters. The Kier molecular flexibility index (Phi) is 4.27. The number of hydrogen-bond donors (Lipinski definition) is 1. The van der Waals surface area contributed by atoms with E-state index in [0.29, 0.717) is 5.39 Å². The molecule has 0 unspecified atom stereocenters. The van der Waals surface area contributed by atoms with Crippen LogP contribution in [0.5, 0.6) is 0 Å². The fourth-order valence-corrected chi connectivity index (χ4v) is 3.20. The fraction of sp³-hybridized carbons (Fsp3) is 0.286. The minimum atomic E-state index is -3.87. The van der Waals surface area contributed by atoms with Crippen molar-refractivity contribution in [1.82, 2.24) is 0 Å². The minimum Gasteiger partial charge on any atom is -0.394 e. The first-order chi connectivity index (χ1) is 9.47. The van der Waals surface area contributed by atoms with E-state index in [1.165, 1.54) is 6.07 Å². The first-order valence-corrected chi connectivity index (χ1v) is 7.57. The molecule has 0 aliphatic heterocycles. The van der Waals surface area contributed by atoms with Gasteiger partial charge in [-0.3, -0.25) is 4.18 Å². The summed E-state index contributed by atoms with van der Waals surface area (Å²) >= 11 is 0. The lowest BCUT2D eigenvalue weighted by atomic mass is 10.1. The Hall–Kier alpha value is -1.63. The standard InChI is InChI=1S/C14H17NO4S/c1-15(2)13-7-3-6-12-11(13)5-4-8-14(12)20(17,18)19-10-9-16/h3-8,16H,9-10H2,1-2H3. The average molecular weight is 295 g/mol. The van der Waals surface area contributed by atoms with Crippen LogP contribution in [0.15, 0.2) is 41.3 Å². The minimum absolute atomic E-state index is 0.118. The molecule has 0 heterocycles. The van der Waals surface area contributed by atoms with Gasteiger partial charge in [0.25, 0.3) is 10.1 Å². The Labute approximate surface area is 118 Å². The fourth-order valence-electron chi connectivity index (χ4n) is 2.08. The summed E-state index contributed by atoms with van der Waals surface area (Å²) in [5, 5.41) is 10.2. The second-order valence-corrected chi connectivity index (χ2v) is 6.11. The number of aliphatic hydroxyl groups is 1. The van der Waals surface area contributed by atoms with E-state index in [0.717, 1.165) is 11.1 Å². The normalized spacial score (nSPS) is 11.8. The van der Waals surface area contributed by atoms with Gasteiger partial charge in [-0.25, -0.2) is 0 Å². The Morgan fingerprint density at radius 2 is 1.75 bits per heavy atom. The van der Waals surface area contributed by atoms with Gasteiger partial charge in [0.2, 0.25) is 0 Å². The van der Waals surface area contributed by atoms with Gasteiger partial charge in [-0.15, -0.1) is 0 Å². The summed E-state index contributed by atoms with van der Waals surface area (Å²) in [6, 6.07) is 10.5. The number of nitrogens with zero attached hydrogens (tertiary/aromatic N) is 1. The summed E-state index contributed by atoms with van der Waals surface area (Å²) in [6.45, 7) is -0.584. The third kappa shape index (κ3) is 2.77. The molecule has 0 bridgehead atoms. The highest BCUT2D eigenvalue weighted by Gasteiger charge is 2.19. The quantitative estimate of drug-likeness (QED) is 0.849. The summed E-state index contributed by atoms with van der Waals surface area (Å²) in [6.07, 6.45) is 0. The molecule has 2 rings (SSSR count). The maximum Gasteiger partial charge on any atom is 0.297 e. The van der Waals surface area contributed by atoms with Crippen molar-refractivity contribution in [2.24, 2.45) is 0 Å². The van der Waals surface area contributed by atoms with Gasteiger partial charge >= 0.3 is 0 Å². The van der Waals surface area contributed by atoms with Crippen LogP contribution in [0, 0.1) is 0 Å². The van der Waals surface area contributed by atoms with Crippen LogP contribution in [-0.4, -0.2) is 40.8 Å². The van der Waals surface area contributed by atoms with Crippen molar-refractivity contribution in [3.8, 4) is 0 Å². The molecule has 0 amide bonds. The van der Waals surface area contributed by atoms with Gasteiger partial charge in [0.15, 0.2) is 0 Å².